The van der Waals surface area contributed by atoms with Crippen molar-refractivity contribution in [1.29, 1.82) is 0 Å². The molecule has 1 aliphatic heterocycles. The van der Waals surface area contributed by atoms with Crippen molar-refractivity contribution in [2.75, 3.05) is 26.2 Å². The molecule has 1 saturated carbocycles. The summed E-state index contributed by atoms with van der Waals surface area (Å²) in [5.41, 5.74) is 3.18. The number of aromatic nitrogens is 2. The first-order valence-corrected chi connectivity index (χ1v) is 13.5. The van der Waals surface area contributed by atoms with Gasteiger partial charge in [-0.05, 0) is 81.6 Å². The number of amides is 1. The van der Waals surface area contributed by atoms with E-state index in [4.69, 9.17) is 9.72 Å². The fraction of sp³-hybridized carbons (Fsp3) is 0.593. The second-order valence-electron chi connectivity index (χ2n) is 10.3. The standard InChI is InChI=1S/C27H36N4O3S/c1-3-10-30(4-2)17-18-13-21-23-22(14-18)34-12-7-5-6-11-31(35)26(33)19-8-9-20-16-27(20,15-19)24(29-23)25(32)28-21/h13-15,20,35H,3-12,16-17H2,1-2H3,(H,28,32). The monoisotopic (exact) mass is 496 g/mol. The Morgan fingerprint density at radius 1 is 1.26 bits per heavy atom. The maximum absolute atomic E-state index is 13.3. The highest BCUT2D eigenvalue weighted by Crippen LogP contribution is 2.59. The summed E-state index contributed by atoms with van der Waals surface area (Å²) < 4.78 is 7.81. The molecule has 3 aliphatic rings. The first-order valence-electron chi connectivity index (χ1n) is 13.1. The van der Waals surface area contributed by atoms with Crippen molar-refractivity contribution < 1.29 is 9.53 Å². The van der Waals surface area contributed by atoms with Crippen LogP contribution in [0.1, 0.15) is 70.1 Å². The number of nitrogens with one attached hydrogen (secondary N) is 1. The molecule has 2 atom stereocenters. The smallest absolute Gasteiger partial charge is 0.271 e. The lowest BCUT2D eigenvalue weighted by Crippen LogP contribution is -2.30. The molecule has 1 aromatic carbocycles. The molecule has 2 unspecified atom stereocenters. The number of ether oxygens (including phenoxy) is 1. The summed E-state index contributed by atoms with van der Waals surface area (Å²) >= 11 is 4.47. The number of rotatable bonds is 5. The lowest BCUT2D eigenvalue weighted by atomic mass is 9.87. The second kappa shape index (κ2) is 9.97. The van der Waals surface area contributed by atoms with Crippen LogP contribution in [-0.4, -0.2) is 51.3 Å². The molecular formula is C27H36N4O3S. The van der Waals surface area contributed by atoms with Crippen LogP contribution in [0.15, 0.2) is 28.6 Å². The van der Waals surface area contributed by atoms with Crippen molar-refractivity contribution in [3.63, 3.8) is 0 Å². The zero-order chi connectivity index (χ0) is 24.6. The van der Waals surface area contributed by atoms with Gasteiger partial charge in [-0.25, -0.2) is 4.98 Å². The Bertz CT molecular complexity index is 1210. The van der Waals surface area contributed by atoms with E-state index >= 15 is 0 Å². The zero-order valence-electron chi connectivity index (χ0n) is 20.8. The van der Waals surface area contributed by atoms with E-state index in [9.17, 15) is 9.59 Å². The molecule has 8 heteroatoms. The maximum atomic E-state index is 13.3. The van der Waals surface area contributed by atoms with E-state index in [1.54, 1.807) is 0 Å². The van der Waals surface area contributed by atoms with E-state index in [1.165, 1.54) is 4.31 Å². The number of allylic oxidation sites excluding steroid dienone is 1. The Kier molecular flexibility index (Phi) is 6.95. The van der Waals surface area contributed by atoms with Gasteiger partial charge in [-0.2, -0.15) is 0 Å². The molecule has 1 amide bonds. The minimum atomic E-state index is -0.462. The van der Waals surface area contributed by atoms with Gasteiger partial charge in [0.15, 0.2) is 0 Å². The van der Waals surface area contributed by atoms with Crippen molar-refractivity contribution in [3.8, 4) is 5.75 Å². The predicted molar refractivity (Wildman–Crippen MR) is 141 cm³/mol. The van der Waals surface area contributed by atoms with Crippen molar-refractivity contribution in [3.05, 3.63) is 45.4 Å². The van der Waals surface area contributed by atoms with Crippen LogP contribution in [0.4, 0.5) is 0 Å². The molecule has 7 nitrogen and oxygen atoms in total. The Hall–Kier alpha value is -2.32. The Morgan fingerprint density at radius 2 is 2.11 bits per heavy atom. The molecule has 0 saturated heterocycles. The van der Waals surface area contributed by atoms with E-state index in [2.05, 4.69) is 42.6 Å². The van der Waals surface area contributed by atoms with Crippen molar-refractivity contribution in [2.45, 2.75) is 70.8 Å². The van der Waals surface area contributed by atoms with Gasteiger partial charge in [0.2, 0.25) is 0 Å². The Morgan fingerprint density at radius 3 is 2.91 bits per heavy atom. The second-order valence-corrected chi connectivity index (χ2v) is 10.7. The van der Waals surface area contributed by atoms with E-state index < -0.39 is 5.41 Å². The SMILES string of the molecule is CCCN(CC)Cc1cc2c3nc(c(=O)[nH]c3c1)C13C=C(CCC1C3)C(=O)N(S)CCCCCO2. The molecule has 4 bridgehead atoms. The fourth-order valence-electron chi connectivity index (χ4n) is 5.77. The molecule has 2 aromatic rings. The van der Waals surface area contributed by atoms with Crippen LogP contribution >= 0.6 is 12.8 Å². The number of thiol groups is 1. The highest BCUT2D eigenvalue weighted by molar-refractivity contribution is 7.78. The van der Waals surface area contributed by atoms with Crippen LogP contribution in [0.3, 0.4) is 0 Å². The van der Waals surface area contributed by atoms with Gasteiger partial charge in [-0.3, -0.25) is 18.8 Å². The number of benzene rings is 1. The lowest BCUT2D eigenvalue weighted by molar-refractivity contribution is -0.122. The number of fused-ring (bicyclic) bond motifs is 1. The quantitative estimate of drug-likeness (QED) is 0.601. The van der Waals surface area contributed by atoms with Crippen LogP contribution in [-0.2, 0) is 16.8 Å². The molecule has 0 radical (unpaired) electrons. The topological polar surface area (TPSA) is 78.5 Å². The van der Waals surface area contributed by atoms with Gasteiger partial charge in [0.05, 0.1) is 12.1 Å². The Labute approximate surface area is 212 Å². The van der Waals surface area contributed by atoms with Crippen LogP contribution in [0.2, 0.25) is 0 Å². The molecule has 1 fully saturated rings. The van der Waals surface area contributed by atoms with Crippen LogP contribution < -0.4 is 10.3 Å². The van der Waals surface area contributed by atoms with Gasteiger partial charge in [0.25, 0.3) is 11.5 Å². The first-order chi connectivity index (χ1) is 16.9. The largest absolute Gasteiger partial charge is 0.491 e. The normalized spacial score (nSPS) is 24.6. The van der Waals surface area contributed by atoms with Gasteiger partial charge >= 0.3 is 0 Å². The number of hydrogen-bond acceptors (Lipinski definition) is 6. The molecule has 1 spiro atoms. The summed E-state index contributed by atoms with van der Waals surface area (Å²) in [6, 6.07) is 4.14. The van der Waals surface area contributed by atoms with Crippen LogP contribution in [0, 0.1) is 5.92 Å². The van der Waals surface area contributed by atoms with Crippen molar-refractivity contribution in [1.82, 2.24) is 19.2 Å². The molecule has 2 aliphatic carbocycles. The fourth-order valence-corrected chi connectivity index (χ4v) is 6.04. The van der Waals surface area contributed by atoms with Crippen molar-refractivity contribution in [2.24, 2.45) is 5.92 Å². The van der Waals surface area contributed by atoms with Gasteiger partial charge in [0, 0.05) is 24.1 Å². The maximum Gasteiger partial charge on any atom is 0.271 e. The summed E-state index contributed by atoms with van der Waals surface area (Å²) in [5, 5.41) is 0. The average Bonchev–Trinajstić information content (AvgIpc) is 3.58. The summed E-state index contributed by atoms with van der Waals surface area (Å²) in [7, 11) is 0. The number of aromatic amines is 1. The summed E-state index contributed by atoms with van der Waals surface area (Å²) in [6.45, 7) is 8.33. The third-order valence-electron chi connectivity index (χ3n) is 7.78. The van der Waals surface area contributed by atoms with E-state index in [1.807, 2.05) is 12.1 Å². The summed E-state index contributed by atoms with van der Waals surface area (Å²) in [5.74, 6) is 1.04. The van der Waals surface area contributed by atoms with Crippen LogP contribution in [0.25, 0.3) is 11.0 Å². The third kappa shape index (κ3) is 4.75. The van der Waals surface area contributed by atoms with Crippen molar-refractivity contribution >= 4 is 29.8 Å². The molecule has 2 heterocycles. The van der Waals surface area contributed by atoms with Gasteiger partial charge in [-0.1, -0.05) is 32.7 Å². The average molecular weight is 497 g/mol. The summed E-state index contributed by atoms with van der Waals surface area (Å²) in [4.78, 5) is 36.9. The van der Waals surface area contributed by atoms with E-state index in [0.717, 1.165) is 81.5 Å². The number of hydrogen-bond donors (Lipinski definition) is 2. The minimum absolute atomic E-state index is 0.0423. The number of carbonyl (C=O) groups excluding carboxylic acids is 1. The highest BCUT2D eigenvalue weighted by Gasteiger charge is 2.58. The third-order valence-corrected chi connectivity index (χ3v) is 8.16. The predicted octanol–water partition coefficient (Wildman–Crippen LogP) is 4.37. The summed E-state index contributed by atoms with van der Waals surface area (Å²) in [6.07, 6.45) is 8.30. The minimum Gasteiger partial charge on any atom is -0.491 e. The molecule has 35 heavy (non-hydrogen) atoms. The molecule has 188 valence electrons. The lowest BCUT2D eigenvalue weighted by Gasteiger charge is -2.23. The Balaban J connectivity index is 1.60. The molecule has 1 N–H and O–H groups in total. The van der Waals surface area contributed by atoms with Crippen LogP contribution in [0.5, 0.6) is 5.75 Å². The number of carbonyl (C=O) groups is 1. The molecule has 5 rings (SSSR count). The zero-order valence-corrected chi connectivity index (χ0v) is 21.7. The van der Waals surface area contributed by atoms with Gasteiger partial charge < -0.3 is 9.72 Å². The van der Waals surface area contributed by atoms with Gasteiger partial charge in [0.1, 0.15) is 17.0 Å². The van der Waals surface area contributed by atoms with E-state index in [0.29, 0.717) is 35.8 Å². The number of nitrogens with zero attached hydrogens (tertiary/aromatic N) is 3. The first kappa shape index (κ1) is 24.4. The highest BCUT2D eigenvalue weighted by atomic mass is 32.1. The molecule has 1 aromatic heterocycles. The molecular weight excluding hydrogens is 460 g/mol. The van der Waals surface area contributed by atoms with Gasteiger partial charge in [-0.15, -0.1) is 0 Å². The van der Waals surface area contributed by atoms with E-state index in [-0.39, 0.29) is 11.5 Å². The number of H-pyrrole nitrogens is 1.